The molecule has 1 aliphatic heterocycles. The number of amides is 1. The molecule has 4 heteroatoms. The first kappa shape index (κ1) is 8.49. The van der Waals surface area contributed by atoms with E-state index in [2.05, 4.69) is 10.2 Å². The number of rotatable bonds is 2. The quantitative estimate of drug-likeness (QED) is 0.530. The van der Waals surface area contributed by atoms with Crippen molar-refractivity contribution in [1.82, 2.24) is 10.2 Å². The molecule has 1 atom stereocenters. The lowest BCUT2D eigenvalue weighted by atomic mass is 10.1. The van der Waals surface area contributed by atoms with E-state index in [0.717, 1.165) is 13.1 Å². The van der Waals surface area contributed by atoms with Gasteiger partial charge in [-0.1, -0.05) is 0 Å². The second-order valence-corrected chi connectivity index (χ2v) is 3.10. The minimum atomic E-state index is -0.888. The van der Waals surface area contributed by atoms with Crippen molar-refractivity contribution in [2.45, 2.75) is 19.1 Å². The molecule has 11 heavy (non-hydrogen) atoms. The van der Waals surface area contributed by atoms with Gasteiger partial charge in [0.25, 0.3) is 0 Å². The van der Waals surface area contributed by atoms with E-state index in [4.69, 9.17) is 5.11 Å². The standard InChI is InChI=1S/C7H14N2O2/c1-5(10)7(11)8-6-3-9(2)4-6/h5-6,10H,3-4H2,1-2H3,(H,8,11). The first-order valence-corrected chi connectivity index (χ1v) is 3.76. The molecule has 1 amide bonds. The Bertz CT molecular complexity index is 153. The Morgan fingerprint density at radius 1 is 1.73 bits per heavy atom. The van der Waals surface area contributed by atoms with Crippen LogP contribution in [0.1, 0.15) is 6.92 Å². The highest BCUT2D eigenvalue weighted by Crippen LogP contribution is 2.03. The van der Waals surface area contributed by atoms with Gasteiger partial charge < -0.3 is 15.3 Å². The lowest BCUT2D eigenvalue weighted by Gasteiger charge is -2.36. The number of likely N-dealkylation sites (tertiary alicyclic amines) is 1. The van der Waals surface area contributed by atoms with Crippen LogP contribution in [0.5, 0.6) is 0 Å². The summed E-state index contributed by atoms with van der Waals surface area (Å²) in [5.41, 5.74) is 0. The molecule has 1 heterocycles. The SMILES string of the molecule is CC(O)C(=O)NC1CN(C)C1. The Hall–Kier alpha value is -0.610. The molecule has 0 aromatic heterocycles. The fourth-order valence-electron chi connectivity index (χ4n) is 1.11. The van der Waals surface area contributed by atoms with E-state index >= 15 is 0 Å². The molecule has 0 aromatic carbocycles. The van der Waals surface area contributed by atoms with Crippen LogP contribution in [0.25, 0.3) is 0 Å². The Morgan fingerprint density at radius 2 is 2.27 bits per heavy atom. The van der Waals surface area contributed by atoms with E-state index in [0.29, 0.717) is 0 Å². The van der Waals surface area contributed by atoms with E-state index in [9.17, 15) is 4.79 Å². The molecule has 0 spiro atoms. The van der Waals surface area contributed by atoms with Crippen molar-refractivity contribution in [2.24, 2.45) is 0 Å². The van der Waals surface area contributed by atoms with Crippen LogP contribution in [0, 0.1) is 0 Å². The highest BCUT2D eigenvalue weighted by Gasteiger charge is 2.25. The third-order valence-electron chi connectivity index (χ3n) is 1.79. The number of likely N-dealkylation sites (N-methyl/N-ethyl adjacent to an activating group) is 1. The largest absolute Gasteiger partial charge is 0.384 e. The zero-order valence-corrected chi connectivity index (χ0v) is 6.87. The normalized spacial score (nSPS) is 22.5. The monoisotopic (exact) mass is 158 g/mol. The molecular formula is C7H14N2O2. The summed E-state index contributed by atoms with van der Waals surface area (Å²) >= 11 is 0. The van der Waals surface area contributed by atoms with Crippen LogP contribution in [0.15, 0.2) is 0 Å². The molecule has 0 saturated carbocycles. The molecule has 1 fully saturated rings. The second-order valence-electron chi connectivity index (χ2n) is 3.10. The van der Waals surface area contributed by atoms with Crippen LogP contribution in [-0.2, 0) is 4.79 Å². The van der Waals surface area contributed by atoms with Gasteiger partial charge in [0, 0.05) is 13.1 Å². The van der Waals surface area contributed by atoms with Gasteiger partial charge in [-0.05, 0) is 14.0 Å². The number of carbonyl (C=O) groups excluding carboxylic acids is 1. The van der Waals surface area contributed by atoms with E-state index in [1.54, 1.807) is 0 Å². The highest BCUT2D eigenvalue weighted by molar-refractivity contribution is 5.80. The molecule has 1 unspecified atom stereocenters. The Balaban J connectivity index is 2.17. The summed E-state index contributed by atoms with van der Waals surface area (Å²) in [5, 5.41) is 11.5. The smallest absolute Gasteiger partial charge is 0.248 e. The summed E-state index contributed by atoms with van der Waals surface area (Å²) in [4.78, 5) is 13.0. The molecule has 1 aliphatic rings. The summed E-state index contributed by atoms with van der Waals surface area (Å²) < 4.78 is 0. The van der Waals surface area contributed by atoms with Gasteiger partial charge in [-0.2, -0.15) is 0 Å². The van der Waals surface area contributed by atoms with Gasteiger partial charge in [0.1, 0.15) is 6.10 Å². The van der Waals surface area contributed by atoms with Gasteiger partial charge in [0.2, 0.25) is 5.91 Å². The van der Waals surface area contributed by atoms with Crippen LogP contribution < -0.4 is 5.32 Å². The third-order valence-corrected chi connectivity index (χ3v) is 1.79. The van der Waals surface area contributed by atoms with Crippen LogP contribution >= 0.6 is 0 Å². The zero-order valence-electron chi connectivity index (χ0n) is 6.87. The second kappa shape index (κ2) is 3.19. The van der Waals surface area contributed by atoms with E-state index in [-0.39, 0.29) is 11.9 Å². The zero-order chi connectivity index (χ0) is 8.43. The third kappa shape index (κ3) is 2.17. The van der Waals surface area contributed by atoms with Gasteiger partial charge in [0.15, 0.2) is 0 Å². The van der Waals surface area contributed by atoms with Crippen molar-refractivity contribution >= 4 is 5.91 Å². The predicted molar refractivity (Wildman–Crippen MR) is 41.1 cm³/mol. The summed E-state index contributed by atoms with van der Waals surface area (Å²) in [6.45, 7) is 3.24. The summed E-state index contributed by atoms with van der Waals surface area (Å²) in [5.74, 6) is -0.275. The summed E-state index contributed by atoms with van der Waals surface area (Å²) in [6.07, 6.45) is -0.888. The Kier molecular flexibility index (Phi) is 2.46. The molecular weight excluding hydrogens is 144 g/mol. The number of hydrogen-bond acceptors (Lipinski definition) is 3. The van der Waals surface area contributed by atoms with Crippen LogP contribution in [0.2, 0.25) is 0 Å². The lowest BCUT2D eigenvalue weighted by molar-refractivity contribution is -0.130. The van der Waals surface area contributed by atoms with Crippen molar-refractivity contribution < 1.29 is 9.90 Å². The predicted octanol–water partition coefficient (Wildman–Crippen LogP) is -1.20. The molecule has 0 aliphatic carbocycles. The van der Waals surface area contributed by atoms with Gasteiger partial charge >= 0.3 is 0 Å². The number of hydrogen-bond donors (Lipinski definition) is 2. The molecule has 1 rings (SSSR count). The maximum atomic E-state index is 10.9. The van der Waals surface area contributed by atoms with Gasteiger partial charge in [-0.3, -0.25) is 4.79 Å². The number of nitrogens with zero attached hydrogens (tertiary/aromatic N) is 1. The van der Waals surface area contributed by atoms with Gasteiger partial charge in [-0.25, -0.2) is 0 Å². The molecule has 0 bridgehead atoms. The molecule has 0 radical (unpaired) electrons. The first-order chi connectivity index (χ1) is 5.09. The first-order valence-electron chi connectivity index (χ1n) is 3.76. The van der Waals surface area contributed by atoms with Crippen molar-refractivity contribution in [3.8, 4) is 0 Å². The maximum absolute atomic E-state index is 10.9. The van der Waals surface area contributed by atoms with E-state index in [1.165, 1.54) is 6.92 Å². The summed E-state index contributed by atoms with van der Waals surface area (Å²) in [7, 11) is 1.99. The number of aliphatic hydroxyl groups excluding tert-OH is 1. The number of nitrogens with one attached hydrogen (secondary N) is 1. The molecule has 1 saturated heterocycles. The average Bonchev–Trinajstić information content (AvgIpc) is 1.84. The number of carbonyl (C=O) groups is 1. The van der Waals surface area contributed by atoms with Gasteiger partial charge in [0.05, 0.1) is 6.04 Å². The van der Waals surface area contributed by atoms with E-state index < -0.39 is 6.10 Å². The highest BCUT2D eigenvalue weighted by atomic mass is 16.3. The molecule has 4 nitrogen and oxygen atoms in total. The summed E-state index contributed by atoms with van der Waals surface area (Å²) in [6, 6.07) is 0.238. The van der Waals surface area contributed by atoms with Crippen molar-refractivity contribution in [2.75, 3.05) is 20.1 Å². The molecule has 2 N–H and O–H groups in total. The van der Waals surface area contributed by atoms with Crippen LogP contribution in [0.3, 0.4) is 0 Å². The van der Waals surface area contributed by atoms with Crippen LogP contribution in [0.4, 0.5) is 0 Å². The molecule has 0 aromatic rings. The van der Waals surface area contributed by atoms with Crippen molar-refractivity contribution in [1.29, 1.82) is 0 Å². The van der Waals surface area contributed by atoms with Crippen molar-refractivity contribution in [3.63, 3.8) is 0 Å². The van der Waals surface area contributed by atoms with E-state index in [1.807, 2.05) is 7.05 Å². The fourth-order valence-corrected chi connectivity index (χ4v) is 1.11. The Labute approximate surface area is 66.2 Å². The van der Waals surface area contributed by atoms with Crippen LogP contribution in [-0.4, -0.2) is 48.2 Å². The van der Waals surface area contributed by atoms with Crippen molar-refractivity contribution in [3.05, 3.63) is 0 Å². The number of aliphatic hydroxyl groups is 1. The topological polar surface area (TPSA) is 52.6 Å². The minimum absolute atomic E-state index is 0.238. The average molecular weight is 158 g/mol. The maximum Gasteiger partial charge on any atom is 0.248 e. The molecule has 64 valence electrons. The Morgan fingerprint density at radius 3 is 2.64 bits per heavy atom. The lowest BCUT2D eigenvalue weighted by Crippen LogP contribution is -2.58. The van der Waals surface area contributed by atoms with Gasteiger partial charge in [-0.15, -0.1) is 0 Å². The minimum Gasteiger partial charge on any atom is -0.384 e. The fraction of sp³-hybridized carbons (Fsp3) is 0.857.